The van der Waals surface area contributed by atoms with Crippen molar-refractivity contribution in [1.29, 1.82) is 0 Å². The fraction of sp³-hybridized carbons (Fsp3) is 0.316. The van der Waals surface area contributed by atoms with Gasteiger partial charge in [0.25, 0.3) is 11.8 Å². The van der Waals surface area contributed by atoms with Gasteiger partial charge < -0.3 is 20.1 Å². The monoisotopic (exact) mass is 357 g/mol. The Labute approximate surface area is 152 Å². The Kier molecular flexibility index (Phi) is 6.54. The van der Waals surface area contributed by atoms with Gasteiger partial charge in [0.2, 0.25) is 0 Å². The number of nitrogens with one attached hydrogen (secondary N) is 2. The highest BCUT2D eigenvalue weighted by Gasteiger charge is 2.14. The molecule has 7 heteroatoms. The van der Waals surface area contributed by atoms with Crippen molar-refractivity contribution in [2.75, 3.05) is 26.1 Å². The van der Waals surface area contributed by atoms with Crippen LogP contribution in [-0.2, 0) is 0 Å². The summed E-state index contributed by atoms with van der Waals surface area (Å²) in [4.78, 5) is 28.7. The molecule has 2 N–H and O–H groups in total. The number of rotatable bonds is 7. The maximum absolute atomic E-state index is 12.6. The summed E-state index contributed by atoms with van der Waals surface area (Å²) >= 11 is 0. The predicted octanol–water partition coefficient (Wildman–Crippen LogP) is 2.74. The van der Waals surface area contributed by atoms with E-state index in [1.807, 2.05) is 13.8 Å². The van der Waals surface area contributed by atoms with E-state index >= 15 is 0 Å². The lowest BCUT2D eigenvalue weighted by Crippen LogP contribution is -2.28. The van der Waals surface area contributed by atoms with Gasteiger partial charge in [-0.15, -0.1) is 0 Å². The van der Waals surface area contributed by atoms with Crippen molar-refractivity contribution < 1.29 is 19.1 Å². The van der Waals surface area contributed by atoms with Crippen LogP contribution in [0.25, 0.3) is 0 Å². The Morgan fingerprint density at radius 1 is 1.08 bits per heavy atom. The van der Waals surface area contributed by atoms with Gasteiger partial charge in [-0.1, -0.05) is 13.8 Å². The highest BCUT2D eigenvalue weighted by atomic mass is 16.5. The average Bonchev–Trinajstić information content (AvgIpc) is 2.65. The van der Waals surface area contributed by atoms with Crippen molar-refractivity contribution in [3.05, 3.63) is 47.8 Å². The van der Waals surface area contributed by atoms with E-state index in [1.165, 1.54) is 19.4 Å². The summed E-state index contributed by atoms with van der Waals surface area (Å²) in [7, 11) is 3.05. The number of ether oxygens (including phenoxy) is 2. The van der Waals surface area contributed by atoms with Gasteiger partial charge in [0, 0.05) is 24.4 Å². The van der Waals surface area contributed by atoms with Crippen molar-refractivity contribution in [3.63, 3.8) is 0 Å². The Morgan fingerprint density at radius 2 is 1.85 bits per heavy atom. The van der Waals surface area contributed by atoms with Gasteiger partial charge in [-0.2, -0.15) is 0 Å². The van der Waals surface area contributed by atoms with Crippen molar-refractivity contribution >= 4 is 17.5 Å². The van der Waals surface area contributed by atoms with Crippen molar-refractivity contribution in [2.24, 2.45) is 5.92 Å². The van der Waals surface area contributed by atoms with Gasteiger partial charge in [0.05, 0.1) is 19.9 Å². The molecule has 2 rings (SSSR count). The fourth-order valence-electron chi connectivity index (χ4n) is 2.19. The second-order valence-electron chi connectivity index (χ2n) is 6.05. The Morgan fingerprint density at radius 3 is 2.50 bits per heavy atom. The molecular formula is C19H23N3O4. The molecule has 0 fully saturated rings. The number of carbonyl (C=O) groups is 2. The number of amides is 2. The molecule has 26 heavy (non-hydrogen) atoms. The van der Waals surface area contributed by atoms with Crippen molar-refractivity contribution in [1.82, 2.24) is 10.3 Å². The maximum atomic E-state index is 12.6. The minimum atomic E-state index is -0.378. The minimum absolute atomic E-state index is 0.191. The number of anilines is 1. The number of hydrogen-bond donors (Lipinski definition) is 2. The molecule has 0 aliphatic rings. The lowest BCUT2D eigenvalue weighted by atomic mass is 10.2. The first-order valence-electron chi connectivity index (χ1n) is 8.22. The first-order valence-corrected chi connectivity index (χ1v) is 8.22. The molecule has 2 amide bonds. The molecule has 0 saturated carbocycles. The number of methoxy groups -OCH3 is 2. The molecule has 0 atom stereocenters. The van der Waals surface area contributed by atoms with Crippen LogP contribution in [0.3, 0.4) is 0 Å². The van der Waals surface area contributed by atoms with E-state index in [4.69, 9.17) is 9.47 Å². The van der Waals surface area contributed by atoms with Crippen LogP contribution in [0.15, 0.2) is 36.5 Å². The second kappa shape index (κ2) is 8.84. The summed E-state index contributed by atoms with van der Waals surface area (Å²) in [6.45, 7) is 4.54. The van der Waals surface area contributed by atoms with Crippen LogP contribution in [0, 0.1) is 5.92 Å². The zero-order chi connectivity index (χ0) is 19.1. The third kappa shape index (κ3) is 4.95. The average molecular weight is 357 g/mol. The molecule has 1 aromatic carbocycles. The molecule has 1 heterocycles. The van der Waals surface area contributed by atoms with Crippen LogP contribution in [0.2, 0.25) is 0 Å². The van der Waals surface area contributed by atoms with Gasteiger partial charge in [-0.25, -0.2) is 0 Å². The number of carbonyl (C=O) groups excluding carboxylic acids is 2. The first kappa shape index (κ1) is 19.2. The number of pyridine rings is 1. The largest absolute Gasteiger partial charge is 0.497 e. The van der Waals surface area contributed by atoms with E-state index < -0.39 is 0 Å². The van der Waals surface area contributed by atoms with Crippen LogP contribution < -0.4 is 20.1 Å². The number of aromatic nitrogens is 1. The summed E-state index contributed by atoms with van der Waals surface area (Å²) in [5.74, 6) is 0.725. The van der Waals surface area contributed by atoms with Gasteiger partial charge in [0.1, 0.15) is 17.2 Å². The molecule has 0 saturated heterocycles. The van der Waals surface area contributed by atoms with Crippen LogP contribution in [0.4, 0.5) is 5.69 Å². The maximum Gasteiger partial charge on any atom is 0.269 e. The van der Waals surface area contributed by atoms with E-state index in [1.54, 1.807) is 31.4 Å². The molecule has 0 spiro atoms. The van der Waals surface area contributed by atoms with Crippen LogP contribution in [-0.4, -0.2) is 37.6 Å². The Balaban J connectivity index is 2.18. The molecule has 0 radical (unpaired) electrons. The number of nitrogens with zero attached hydrogens (tertiary/aromatic N) is 1. The molecular weight excluding hydrogens is 334 g/mol. The van der Waals surface area contributed by atoms with E-state index in [-0.39, 0.29) is 17.5 Å². The highest BCUT2D eigenvalue weighted by Crippen LogP contribution is 2.29. The Hall–Kier alpha value is -3.09. The molecule has 0 aliphatic carbocycles. The van der Waals surface area contributed by atoms with Gasteiger partial charge >= 0.3 is 0 Å². The van der Waals surface area contributed by atoms with Gasteiger partial charge in [-0.05, 0) is 30.2 Å². The number of benzene rings is 1. The van der Waals surface area contributed by atoms with Crippen molar-refractivity contribution in [3.8, 4) is 11.5 Å². The molecule has 0 bridgehead atoms. The summed E-state index contributed by atoms with van der Waals surface area (Å²) in [6, 6.07) is 8.09. The summed E-state index contributed by atoms with van der Waals surface area (Å²) in [5.41, 5.74) is 0.981. The van der Waals surface area contributed by atoms with E-state index in [0.29, 0.717) is 35.2 Å². The van der Waals surface area contributed by atoms with E-state index in [2.05, 4.69) is 15.6 Å². The lowest BCUT2D eigenvalue weighted by molar-refractivity contribution is 0.0944. The standard InChI is InChI=1S/C19H23N3O4/c1-12(2)11-21-19(24)16-9-13(7-8-20-16)18(23)22-15-10-14(25-3)5-6-17(15)26-4/h5-10,12H,11H2,1-4H3,(H,21,24)(H,22,23). The van der Waals surface area contributed by atoms with Crippen LogP contribution >= 0.6 is 0 Å². The summed E-state index contributed by atoms with van der Waals surface area (Å²) in [5, 5.41) is 5.54. The van der Waals surface area contributed by atoms with Gasteiger partial charge in [0.15, 0.2) is 0 Å². The molecule has 7 nitrogen and oxygen atoms in total. The zero-order valence-electron chi connectivity index (χ0n) is 15.3. The number of hydrogen-bond acceptors (Lipinski definition) is 5. The quantitative estimate of drug-likeness (QED) is 0.795. The first-order chi connectivity index (χ1) is 12.4. The highest BCUT2D eigenvalue weighted by molar-refractivity contribution is 6.06. The van der Waals surface area contributed by atoms with Crippen LogP contribution in [0.1, 0.15) is 34.7 Å². The topological polar surface area (TPSA) is 89.6 Å². The normalized spacial score (nSPS) is 10.3. The zero-order valence-corrected chi connectivity index (χ0v) is 15.3. The SMILES string of the molecule is COc1ccc(OC)c(NC(=O)c2ccnc(C(=O)NCC(C)C)c2)c1. The molecule has 2 aromatic rings. The molecule has 0 aliphatic heterocycles. The Bertz CT molecular complexity index is 790. The summed E-state index contributed by atoms with van der Waals surface area (Å²) < 4.78 is 10.4. The molecule has 1 aromatic heterocycles. The fourth-order valence-corrected chi connectivity index (χ4v) is 2.19. The predicted molar refractivity (Wildman–Crippen MR) is 98.9 cm³/mol. The summed E-state index contributed by atoms with van der Waals surface area (Å²) in [6.07, 6.45) is 1.43. The van der Waals surface area contributed by atoms with E-state index in [0.717, 1.165) is 0 Å². The van der Waals surface area contributed by atoms with Crippen LogP contribution in [0.5, 0.6) is 11.5 Å². The smallest absolute Gasteiger partial charge is 0.269 e. The lowest BCUT2D eigenvalue weighted by Gasteiger charge is -2.12. The molecule has 138 valence electrons. The second-order valence-corrected chi connectivity index (χ2v) is 6.05. The van der Waals surface area contributed by atoms with Gasteiger partial charge in [-0.3, -0.25) is 14.6 Å². The third-order valence-electron chi connectivity index (χ3n) is 3.58. The van der Waals surface area contributed by atoms with Crippen molar-refractivity contribution in [2.45, 2.75) is 13.8 Å². The molecule has 0 unspecified atom stereocenters. The minimum Gasteiger partial charge on any atom is -0.497 e. The van der Waals surface area contributed by atoms with E-state index in [9.17, 15) is 9.59 Å². The third-order valence-corrected chi connectivity index (χ3v) is 3.58.